The molecule has 0 atom stereocenters. The molecule has 0 radical (unpaired) electrons. The van der Waals surface area contributed by atoms with E-state index in [1.54, 1.807) is 13.1 Å². The van der Waals surface area contributed by atoms with Crippen molar-refractivity contribution in [3.8, 4) is 0 Å². The van der Waals surface area contributed by atoms with Crippen LogP contribution >= 0.6 is 0 Å². The van der Waals surface area contributed by atoms with Gasteiger partial charge in [-0.25, -0.2) is 0 Å². The normalized spacial score (nSPS) is 9.92. The second kappa shape index (κ2) is 3.89. The van der Waals surface area contributed by atoms with Crippen LogP contribution in [0.4, 0.5) is 0 Å². The summed E-state index contributed by atoms with van der Waals surface area (Å²) in [4.78, 5) is 21.8. The molecule has 0 aromatic carbocycles. The van der Waals surface area contributed by atoms with Crippen LogP contribution in [0.2, 0.25) is 0 Å². The minimum Gasteiger partial charge on any atom is -0.299 e. The van der Waals surface area contributed by atoms with Crippen molar-refractivity contribution in [1.82, 2.24) is 9.78 Å². The fraction of sp³-hybridized carbons (Fsp3) is 0.333. The maximum Gasteiger partial charge on any atom is 0.277 e. The van der Waals surface area contributed by atoms with Gasteiger partial charge < -0.3 is 0 Å². The standard InChI is InChI=1S/C9H12N2O2/c1-3-4-5-8-7(6-12)9(13)11(2)10-8/h3,6,10H,1,4-5H2,2H3. The summed E-state index contributed by atoms with van der Waals surface area (Å²) in [5, 5.41) is 2.82. The molecule has 13 heavy (non-hydrogen) atoms. The van der Waals surface area contributed by atoms with Gasteiger partial charge in [0.15, 0.2) is 6.29 Å². The molecular formula is C9H12N2O2. The van der Waals surface area contributed by atoms with Gasteiger partial charge in [-0.1, -0.05) is 6.08 Å². The number of H-pyrrole nitrogens is 1. The lowest BCUT2D eigenvalue weighted by molar-refractivity contribution is 0.112. The van der Waals surface area contributed by atoms with E-state index in [0.29, 0.717) is 18.4 Å². The number of carbonyl (C=O) groups is 1. The molecular weight excluding hydrogens is 168 g/mol. The molecule has 0 amide bonds. The van der Waals surface area contributed by atoms with Gasteiger partial charge in [-0.15, -0.1) is 6.58 Å². The van der Waals surface area contributed by atoms with Crippen LogP contribution in [0.5, 0.6) is 0 Å². The van der Waals surface area contributed by atoms with E-state index < -0.39 is 0 Å². The summed E-state index contributed by atoms with van der Waals surface area (Å²) in [7, 11) is 1.59. The lowest BCUT2D eigenvalue weighted by Crippen LogP contribution is -2.14. The Labute approximate surface area is 75.9 Å². The van der Waals surface area contributed by atoms with Crippen LogP contribution in [0.15, 0.2) is 17.4 Å². The van der Waals surface area contributed by atoms with Crippen LogP contribution in [0.1, 0.15) is 22.5 Å². The molecule has 0 fully saturated rings. The Hall–Kier alpha value is -1.58. The molecule has 0 bridgehead atoms. The minimum atomic E-state index is -0.269. The number of hydrogen-bond acceptors (Lipinski definition) is 2. The fourth-order valence-corrected chi connectivity index (χ4v) is 1.18. The van der Waals surface area contributed by atoms with Crippen molar-refractivity contribution in [2.45, 2.75) is 12.8 Å². The zero-order valence-electron chi connectivity index (χ0n) is 7.54. The van der Waals surface area contributed by atoms with Gasteiger partial charge in [-0.05, 0) is 12.8 Å². The highest BCUT2D eigenvalue weighted by Gasteiger charge is 2.09. The van der Waals surface area contributed by atoms with Gasteiger partial charge in [0.05, 0.1) is 0 Å². The Bertz CT molecular complexity index is 373. The molecule has 1 aromatic rings. The second-order valence-electron chi connectivity index (χ2n) is 2.81. The second-order valence-corrected chi connectivity index (χ2v) is 2.81. The lowest BCUT2D eigenvalue weighted by atomic mass is 10.2. The van der Waals surface area contributed by atoms with Crippen LogP contribution < -0.4 is 5.56 Å². The summed E-state index contributed by atoms with van der Waals surface area (Å²) < 4.78 is 1.31. The molecule has 0 saturated carbocycles. The Morgan fingerprint density at radius 2 is 2.31 bits per heavy atom. The molecule has 0 saturated heterocycles. The van der Waals surface area contributed by atoms with Crippen molar-refractivity contribution < 1.29 is 4.79 Å². The molecule has 1 rings (SSSR count). The van der Waals surface area contributed by atoms with Crippen molar-refractivity contribution in [3.63, 3.8) is 0 Å². The summed E-state index contributed by atoms with van der Waals surface area (Å²) in [5.74, 6) is 0. The van der Waals surface area contributed by atoms with E-state index in [1.807, 2.05) is 0 Å². The first-order chi connectivity index (χ1) is 6.20. The molecule has 4 nitrogen and oxygen atoms in total. The van der Waals surface area contributed by atoms with Gasteiger partial charge in [-0.2, -0.15) is 0 Å². The average molecular weight is 180 g/mol. The molecule has 0 aliphatic heterocycles. The minimum absolute atomic E-state index is 0.226. The molecule has 0 aliphatic carbocycles. The predicted octanol–water partition coefficient (Wildman–Crippen LogP) is 0.644. The molecule has 4 heteroatoms. The number of allylic oxidation sites excluding steroid dienone is 1. The van der Waals surface area contributed by atoms with Crippen molar-refractivity contribution in [2.24, 2.45) is 7.05 Å². The number of nitrogens with zero attached hydrogens (tertiary/aromatic N) is 1. The van der Waals surface area contributed by atoms with Crippen LogP contribution in [-0.4, -0.2) is 16.1 Å². The Morgan fingerprint density at radius 3 is 2.85 bits per heavy atom. The van der Waals surface area contributed by atoms with Crippen LogP contribution in [0.3, 0.4) is 0 Å². The lowest BCUT2D eigenvalue weighted by Gasteiger charge is -1.93. The highest BCUT2D eigenvalue weighted by Crippen LogP contribution is 2.01. The van der Waals surface area contributed by atoms with E-state index in [4.69, 9.17) is 0 Å². The number of aldehydes is 1. The number of aryl methyl sites for hydroxylation is 2. The SMILES string of the molecule is C=CCCc1[nH]n(C)c(=O)c1C=O. The van der Waals surface area contributed by atoms with E-state index in [0.717, 1.165) is 6.42 Å². The topological polar surface area (TPSA) is 54.9 Å². The third-order valence-electron chi connectivity index (χ3n) is 1.88. The summed E-state index contributed by atoms with van der Waals surface area (Å²) in [6.45, 7) is 3.57. The quantitative estimate of drug-likeness (QED) is 0.546. The first-order valence-corrected chi connectivity index (χ1v) is 4.04. The first kappa shape index (κ1) is 9.51. The summed E-state index contributed by atoms with van der Waals surface area (Å²) in [5.41, 5.74) is 0.640. The average Bonchev–Trinajstić information content (AvgIpc) is 2.39. The number of carbonyl (C=O) groups excluding carboxylic acids is 1. The van der Waals surface area contributed by atoms with Crippen molar-refractivity contribution in [2.75, 3.05) is 0 Å². The van der Waals surface area contributed by atoms with E-state index in [2.05, 4.69) is 11.7 Å². The Balaban J connectivity index is 3.06. The molecule has 1 heterocycles. The van der Waals surface area contributed by atoms with Crippen LogP contribution in [0, 0.1) is 0 Å². The van der Waals surface area contributed by atoms with E-state index in [9.17, 15) is 9.59 Å². The van der Waals surface area contributed by atoms with E-state index in [1.165, 1.54) is 4.68 Å². The zero-order chi connectivity index (χ0) is 9.84. The molecule has 0 aliphatic rings. The van der Waals surface area contributed by atoms with Gasteiger partial charge in [0.2, 0.25) is 0 Å². The van der Waals surface area contributed by atoms with Gasteiger partial charge in [0, 0.05) is 12.7 Å². The summed E-state index contributed by atoms with van der Waals surface area (Å²) >= 11 is 0. The summed E-state index contributed by atoms with van der Waals surface area (Å²) in [6.07, 6.45) is 3.74. The zero-order valence-corrected chi connectivity index (χ0v) is 7.54. The van der Waals surface area contributed by atoms with Gasteiger partial charge in [0.25, 0.3) is 5.56 Å². The highest BCUT2D eigenvalue weighted by atomic mass is 16.1. The Morgan fingerprint density at radius 1 is 1.62 bits per heavy atom. The van der Waals surface area contributed by atoms with Crippen molar-refractivity contribution in [3.05, 3.63) is 34.3 Å². The molecule has 1 aromatic heterocycles. The number of aromatic amines is 1. The first-order valence-electron chi connectivity index (χ1n) is 4.04. The third kappa shape index (κ3) is 1.77. The van der Waals surface area contributed by atoms with Crippen molar-refractivity contribution in [1.29, 1.82) is 0 Å². The van der Waals surface area contributed by atoms with Crippen LogP contribution in [0.25, 0.3) is 0 Å². The smallest absolute Gasteiger partial charge is 0.277 e. The molecule has 0 unspecified atom stereocenters. The molecule has 70 valence electrons. The monoisotopic (exact) mass is 180 g/mol. The van der Waals surface area contributed by atoms with Gasteiger partial charge in [0.1, 0.15) is 5.56 Å². The Kier molecular flexibility index (Phi) is 2.84. The van der Waals surface area contributed by atoms with Crippen molar-refractivity contribution >= 4 is 6.29 Å². The van der Waals surface area contributed by atoms with E-state index in [-0.39, 0.29) is 11.1 Å². The summed E-state index contributed by atoms with van der Waals surface area (Å²) in [6, 6.07) is 0. The maximum absolute atomic E-state index is 11.3. The predicted molar refractivity (Wildman–Crippen MR) is 49.9 cm³/mol. The fourth-order valence-electron chi connectivity index (χ4n) is 1.18. The third-order valence-corrected chi connectivity index (χ3v) is 1.88. The maximum atomic E-state index is 11.3. The number of aromatic nitrogens is 2. The van der Waals surface area contributed by atoms with Crippen LogP contribution in [-0.2, 0) is 13.5 Å². The largest absolute Gasteiger partial charge is 0.299 e. The number of nitrogens with one attached hydrogen (secondary N) is 1. The number of rotatable bonds is 4. The number of hydrogen-bond donors (Lipinski definition) is 1. The highest BCUT2D eigenvalue weighted by molar-refractivity contribution is 5.75. The van der Waals surface area contributed by atoms with E-state index >= 15 is 0 Å². The van der Waals surface area contributed by atoms with Gasteiger partial charge >= 0.3 is 0 Å². The molecule has 0 spiro atoms. The molecule has 1 N–H and O–H groups in total. The van der Waals surface area contributed by atoms with Gasteiger partial charge in [-0.3, -0.25) is 19.4 Å².